The lowest BCUT2D eigenvalue weighted by atomic mass is 9.97. The lowest BCUT2D eigenvalue weighted by molar-refractivity contribution is -0.117. The summed E-state index contributed by atoms with van der Waals surface area (Å²) in [5.41, 5.74) is 1.25. The minimum atomic E-state index is -0.411. The van der Waals surface area contributed by atoms with E-state index in [0.717, 1.165) is 35.9 Å². The van der Waals surface area contributed by atoms with Crippen molar-refractivity contribution < 1.29 is 9.18 Å². The minimum Gasteiger partial charge on any atom is -0.324 e. The van der Waals surface area contributed by atoms with E-state index in [0.29, 0.717) is 15.9 Å². The molecule has 2 heterocycles. The van der Waals surface area contributed by atoms with E-state index in [-0.39, 0.29) is 17.9 Å². The lowest BCUT2D eigenvalue weighted by Crippen LogP contribution is -2.30. The standard InChI is InChI=1S/C17H15FN4O2S/c18-10-5-7-11(8-6-10)19-14(23)9-22-17(24)15-12-3-1-2-4-13(12)25-16(15)20-21-22/h5-8H,1-4,9H2,(H,19,23). The van der Waals surface area contributed by atoms with Gasteiger partial charge in [-0.05, 0) is 55.5 Å². The van der Waals surface area contributed by atoms with Crippen molar-refractivity contribution in [1.29, 1.82) is 0 Å². The fourth-order valence-corrected chi connectivity index (χ4v) is 4.28. The van der Waals surface area contributed by atoms with Gasteiger partial charge in [-0.1, -0.05) is 5.21 Å². The maximum absolute atomic E-state index is 12.9. The molecule has 0 spiro atoms. The Kier molecular flexibility index (Phi) is 4.04. The third kappa shape index (κ3) is 3.05. The minimum absolute atomic E-state index is 0.232. The summed E-state index contributed by atoms with van der Waals surface area (Å²) in [7, 11) is 0. The van der Waals surface area contributed by atoms with Crippen LogP contribution in [0.1, 0.15) is 23.3 Å². The molecule has 1 N–H and O–H groups in total. The summed E-state index contributed by atoms with van der Waals surface area (Å²) < 4.78 is 14.0. The Labute approximate surface area is 146 Å². The third-order valence-corrected chi connectivity index (χ3v) is 5.44. The number of rotatable bonds is 3. The zero-order valence-corrected chi connectivity index (χ0v) is 14.1. The van der Waals surface area contributed by atoms with Gasteiger partial charge in [0.05, 0.1) is 5.39 Å². The molecule has 128 valence electrons. The summed E-state index contributed by atoms with van der Waals surface area (Å²) in [4.78, 5) is 26.7. The number of nitrogens with zero attached hydrogens (tertiary/aromatic N) is 3. The Morgan fingerprint density at radius 1 is 1.24 bits per heavy atom. The van der Waals surface area contributed by atoms with Gasteiger partial charge in [0.25, 0.3) is 5.56 Å². The van der Waals surface area contributed by atoms with Gasteiger partial charge < -0.3 is 5.32 Å². The second kappa shape index (κ2) is 6.36. The van der Waals surface area contributed by atoms with Crippen LogP contribution in [-0.2, 0) is 24.2 Å². The predicted molar refractivity (Wildman–Crippen MR) is 93.3 cm³/mol. The monoisotopic (exact) mass is 358 g/mol. The van der Waals surface area contributed by atoms with Crippen LogP contribution in [0.4, 0.5) is 10.1 Å². The molecule has 1 aliphatic rings. The topological polar surface area (TPSA) is 76.9 Å². The molecule has 2 aromatic heterocycles. The molecule has 0 unspecified atom stereocenters. The molecule has 25 heavy (non-hydrogen) atoms. The Morgan fingerprint density at radius 3 is 2.80 bits per heavy atom. The molecule has 0 fully saturated rings. The maximum Gasteiger partial charge on any atom is 0.279 e. The van der Waals surface area contributed by atoms with Gasteiger partial charge in [0, 0.05) is 10.6 Å². The summed E-state index contributed by atoms with van der Waals surface area (Å²) in [6.45, 7) is -0.232. The van der Waals surface area contributed by atoms with Crippen molar-refractivity contribution in [2.45, 2.75) is 32.2 Å². The summed E-state index contributed by atoms with van der Waals surface area (Å²) >= 11 is 1.52. The highest BCUT2D eigenvalue weighted by Gasteiger charge is 2.21. The van der Waals surface area contributed by atoms with Crippen molar-refractivity contribution in [3.8, 4) is 0 Å². The zero-order chi connectivity index (χ0) is 17.4. The van der Waals surface area contributed by atoms with Crippen LogP contribution < -0.4 is 10.9 Å². The van der Waals surface area contributed by atoms with Crippen LogP contribution in [0.15, 0.2) is 29.1 Å². The number of hydrogen-bond donors (Lipinski definition) is 1. The van der Waals surface area contributed by atoms with Gasteiger partial charge in [-0.3, -0.25) is 9.59 Å². The van der Waals surface area contributed by atoms with Gasteiger partial charge in [-0.25, -0.2) is 9.07 Å². The van der Waals surface area contributed by atoms with Crippen molar-refractivity contribution in [3.63, 3.8) is 0 Å². The number of carbonyl (C=O) groups excluding carboxylic acids is 1. The molecule has 3 aromatic rings. The highest BCUT2D eigenvalue weighted by molar-refractivity contribution is 7.18. The molecule has 0 atom stereocenters. The van der Waals surface area contributed by atoms with E-state index in [1.165, 1.54) is 40.5 Å². The van der Waals surface area contributed by atoms with E-state index >= 15 is 0 Å². The molecule has 0 radical (unpaired) electrons. The highest BCUT2D eigenvalue weighted by Crippen LogP contribution is 2.33. The number of aryl methyl sites for hydroxylation is 2. The molecule has 1 aromatic carbocycles. The molecule has 0 aliphatic heterocycles. The third-order valence-electron chi connectivity index (χ3n) is 4.27. The maximum atomic E-state index is 12.9. The molecule has 8 heteroatoms. The van der Waals surface area contributed by atoms with E-state index < -0.39 is 5.91 Å². The molecular weight excluding hydrogens is 343 g/mol. The summed E-state index contributed by atoms with van der Waals surface area (Å²) in [6, 6.07) is 5.43. The first kappa shape index (κ1) is 15.9. The number of fused-ring (bicyclic) bond motifs is 3. The molecule has 4 rings (SSSR count). The van der Waals surface area contributed by atoms with Crippen LogP contribution in [0.3, 0.4) is 0 Å². The van der Waals surface area contributed by atoms with E-state index in [2.05, 4.69) is 15.6 Å². The highest BCUT2D eigenvalue weighted by atomic mass is 32.1. The number of halogens is 1. The molecular formula is C17H15FN4O2S. The molecule has 1 amide bonds. The van der Waals surface area contributed by atoms with Crippen LogP contribution in [0.2, 0.25) is 0 Å². The fraction of sp³-hybridized carbons (Fsp3) is 0.294. The number of aromatic nitrogens is 3. The van der Waals surface area contributed by atoms with Crippen LogP contribution in [0.25, 0.3) is 10.2 Å². The first-order valence-electron chi connectivity index (χ1n) is 8.05. The molecule has 0 bridgehead atoms. The smallest absolute Gasteiger partial charge is 0.279 e. The number of hydrogen-bond acceptors (Lipinski definition) is 5. The number of benzene rings is 1. The second-order valence-corrected chi connectivity index (χ2v) is 7.08. The van der Waals surface area contributed by atoms with Gasteiger partial charge >= 0.3 is 0 Å². The SMILES string of the molecule is O=C(Cn1nnc2sc3c(c2c1=O)CCCC3)Nc1ccc(F)cc1. The van der Waals surface area contributed by atoms with Gasteiger partial charge in [0.15, 0.2) is 4.83 Å². The van der Waals surface area contributed by atoms with Crippen LogP contribution >= 0.6 is 11.3 Å². The van der Waals surface area contributed by atoms with E-state index in [1.54, 1.807) is 0 Å². The van der Waals surface area contributed by atoms with Crippen molar-refractivity contribution in [2.75, 3.05) is 5.32 Å². The largest absolute Gasteiger partial charge is 0.324 e. The first-order valence-corrected chi connectivity index (χ1v) is 8.87. The van der Waals surface area contributed by atoms with Crippen LogP contribution in [-0.4, -0.2) is 20.9 Å². The molecule has 0 saturated carbocycles. The molecule has 0 saturated heterocycles. The Bertz CT molecular complexity index is 1010. The van der Waals surface area contributed by atoms with E-state index in [1.807, 2.05) is 0 Å². The Morgan fingerprint density at radius 2 is 2.00 bits per heavy atom. The van der Waals surface area contributed by atoms with E-state index in [9.17, 15) is 14.0 Å². The average molecular weight is 358 g/mol. The number of thiophene rings is 1. The Balaban J connectivity index is 1.61. The molecule has 6 nitrogen and oxygen atoms in total. The predicted octanol–water partition coefficient (Wildman–Crippen LogP) is 2.51. The first-order chi connectivity index (χ1) is 12.1. The van der Waals surface area contributed by atoms with Crippen molar-refractivity contribution in [2.24, 2.45) is 0 Å². The summed E-state index contributed by atoms with van der Waals surface area (Å²) in [5, 5.41) is 11.2. The zero-order valence-electron chi connectivity index (χ0n) is 13.3. The van der Waals surface area contributed by atoms with Crippen molar-refractivity contribution >= 4 is 33.1 Å². The quantitative estimate of drug-likeness (QED) is 0.780. The summed E-state index contributed by atoms with van der Waals surface area (Å²) in [5.74, 6) is -0.792. The van der Waals surface area contributed by atoms with Crippen LogP contribution in [0, 0.1) is 5.82 Å². The number of carbonyl (C=O) groups is 1. The fourth-order valence-electron chi connectivity index (χ4n) is 3.08. The number of amides is 1. The van der Waals surface area contributed by atoms with Gasteiger partial charge in [0.1, 0.15) is 12.4 Å². The number of anilines is 1. The molecule has 1 aliphatic carbocycles. The lowest BCUT2D eigenvalue weighted by Gasteiger charge is -2.10. The van der Waals surface area contributed by atoms with Gasteiger partial charge in [-0.2, -0.15) is 0 Å². The second-order valence-electron chi connectivity index (χ2n) is 6.00. The van der Waals surface area contributed by atoms with Crippen LogP contribution in [0.5, 0.6) is 0 Å². The Hall–Kier alpha value is -2.61. The van der Waals surface area contributed by atoms with Gasteiger partial charge in [0.2, 0.25) is 5.91 Å². The normalized spacial score (nSPS) is 13.6. The average Bonchev–Trinajstić information content (AvgIpc) is 2.99. The van der Waals surface area contributed by atoms with Gasteiger partial charge in [-0.15, -0.1) is 16.4 Å². The number of nitrogens with one attached hydrogen (secondary N) is 1. The van der Waals surface area contributed by atoms with Crippen molar-refractivity contribution in [3.05, 3.63) is 50.9 Å². The summed E-state index contributed by atoms with van der Waals surface area (Å²) in [6.07, 6.45) is 4.03. The van der Waals surface area contributed by atoms with Crippen molar-refractivity contribution in [1.82, 2.24) is 15.0 Å². The van der Waals surface area contributed by atoms with E-state index in [4.69, 9.17) is 0 Å².